The van der Waals surface area contributed by atoms with Crippen LogP contribution in [0.5, 0.6) is 0 Å². The third-order valence-corrected chi connectivity index (χ3v) is 3.25. The summed E-state index contributed by atoms with van der Waals surface area (Å²) < 4.78 is 21.8. The maximum absolute atomic E-state index is 12.5. The summed E-state index contributed by atoms with van der Waals surface area (Å²) >= 11 is 0. The summed E-state index contributed by atoms with van der Waals surface area (Å²) in [6.07, 6.45) is -2.04. The number of hydrogen-bond acceptors (Lipinski definition) is 6. The summed E-state index contributed by atoms with van der Waals surface area (Å²) in [5.74, 6) is -1.29. The van der Waals surface area contributed by atoms with Gasteiger partial charge >= 0.3 is 6.09 Å². The fourth-order valence-electron chi connectivity index (χ4n) is 2.59. The molecule has 0 aromatic carbocycles. The minimum absolute atomic E-state index is 0.172. The number of amides is 2. The Balaban J connectivity index is 2.22. The van der Waals surface area contributed by atoms with Gasteiger partial charge in [-0.1, -0.05) is 0 Å². The zero-order chi connectivity index (χ0) is 16.0. The number of rotatable bonds is 2. The van der Waals surface area contributed by atoms with Crippen molar-refractivity contribution in [3.05, 3.63) is 0 Å². The summed E-state index contributed by atoms with van der Waals surface area (Å²) in [5, 5.41) is 0. The van der Waals surface area contributed by atoms with Gasteiger partial charge in [-0.05, 0) is 34.6 Å². The molecule has 3 atom stereocenters. The molecule has 2 saturated heterocycles. The van der Waals surface area contributed by atoms with E-state index in [9.17, 15) is 9.59 Å². The number of ether oxygens (including phenoxy) is 4. The summed E-state index contributed by atoms with van der Waals surface area (Å²) in [6.45, 7) is 8.88. The van der Waals surface area contributed by atoms with E-state index in [0.29, 0.717) is 0 Å². The SMILES string of the molecule is COC[C@@H]1C2OC(C)(C)O[C@@H]2C(=O)N1C(=O)OC(C)(C)C. The van der Waals surface area contributed by atoms with E-state index in [-0.39, 0.29) is 6.61 Å². The number of hydrogen-bond donors (Lipinski definition) is 0. The molecule has 2 heterocycles. The molecule has 0 aromatic heterocycles. The molecule has 2 aliphatic heterocycles. The third kappa shape index (κ3) is 3.20. The van der Waals surface area contributed by atoms with Gasteiger partial charge in [0.1, 0.15) is 11.7 Å². The van der Waals surface area contributed by atoms with Crippen molar-refractivity contribution in [1.29, 1.82) is 0 Å². The molecule has 2 rings (SSSR count). The highest BCUT2D eigenvalue weighted by Crippen LogP contribution is 2.38. The molecule has 7 nitrogen and oxygen atoms in total. The van der Waals surface area contributed by atoms with E-state index < -0.39 is 41.6 Å². The number of likely N-dealkylation sites (tertiary alicyclic amines) is 1. The van der Waals surface area contributed by atoms with Crippen molar-refractivity contribution in [2.24, 2.45) is 0 Å². The summed E-state index contributed by atoms with van der Waals surface area (Å²) in [6, 6.07) is -0.552. The molecule has 120 valence electrons. The molecule has 2 fully saturated rings. The van der Waals surface area contributed by atoms with Crippen molar-refractivity contribution in [1.82, 2.24) is 4.90 Å². The lowest BCUT2D eigenvalue weighted by Crippen LogP contribution is -2.48. The van der Waals surface area contributed by atoms with Gasteiger partial charge in [0.25, 0.3) is 5.91 Å². The van der Waals surface area contributed by atoms with E-state index in [4.69, 9.17) is 18.9 Å². The largest absolute Gasteiger partial charge is 0.443 e. The molecule has 2 amide bonds. The highest BCUT2D eigenvalue weighted by molar-refractivity contribution is 5.98. The Labute approximate surface area is 124 Å². The van der Waals surface area contributed by atoms with Crippen LogP contribution in [0, 0.1) is 0 Å². The van der Waals surface area contributed by atoms with Gasteiger partial charge in [0.2, 0.25) is 0 Å². The van der Waals surface area contributed by atoms with E-state index in [1.807, 2.05) is 0 Å². The number of carbonyl (C=O) groups is 2. The van der Waals surface area contributed by atoms with E-state index in [2.05, 4.69) is 0 Å². The van der Waals surface area contributed by atoms with Crippen molar-refractivity contribution < 1.29 is 28.5 Å². The maximum atomic E-state index is 12.5. The van der Waals surface area contributed by atoms with Gasteiger partial charge in [0, 0.05) is 7.11 Å². The zero-order valence-electron chi connectivity index (χ0n) is 13.3. The Morgan fingerprint density at radius 2 is 1.95 bits per heavy atom. The smallest absolute Gasteiger partial charge is 0.417 e. The minimum Gasteiger partial charge on any atom is -0.443 e. The number of carbonyl (C=O) groups excluding carboxylic acids is 2. The molecular weight excluding hydrogens is 278 g/mol. The number of imide groups is 1. The molecule has 0 spiro atoms. The van der Waals surface area contributed by atoms with Gasteiger partial charge in [-0.3, -0.25) is 4.79 Å². The second-order valence-electron chi connectivity index (χ2n) is 6.73. The molecule has 0 aliphatic carbocycles. The van der Waals surface area contributed by atoms with Crippen molar-refractivity contribution in [3.63, 3.8) is 0 Å². The average molecular weight is 301 g/mol. The Morgan fingerprint density at radius 3 is 2.48 bits per heavy atom. The fourth-order valence-corrected chi connectivity index (χ4v) is 2.59. The van der Waals surface area contributed by atoms with Crippen LogP contribution >= 0.6 is 0 Å². The number of fused-ring (bicyclic) bond motifs is 1. The Morgan fingerprint density at radius 1 is 1.33 bits per heavy atom. The summed E-state index contributed by atoms with van der Waals surface area (Å²) in [4.78, 5) is 25.8. The predicted octanol–water partition coefficient (Wildman–Crippen LogP) is 1.30. The highest BCUT2D eigenvalue weighted by atomic mass is 16.8. The van der Waals surface area contributed by atoms with Gasteiger partial charge in [0.05, 0.1) is 12.6 Å². The first-order valence-electron chi connectivity index (χ1n) is 6.96. The lowest BCUT2D eigenvalue weighted by atomic mass is 10.1. The molecule has 2 aliphatic rings. The Kier molecular flexibility index (Phi) is 4.03. The number of nitrogens with zero attached hydrogens (tertiary/aromatic N) is 1. The maximum Gasteiger partial charge on any atom is 0.417 e. The monoisotopic (exact) mass is 301 g/mol. The third-order valence-electron chi connectivity index (χ3n) is 3.25. The average Bonchev–Trinajstić information content (AvgIpc) is 2.72. The van der Waals surface area contributed by atoms with Gasteiger partial charge in [-0.25, -0.2) is 9.69 Å². The molecule has 0 bridgehead atoms. The van der Waals surface area contributed by atoms with Crippen LogP contribution in [0.15, 0.2) is 0 Å². The first-order chi connectivity index (χ1) is 9.56. The molecule has 0 saturated carbocycles. The Bertz CT molecular complexity index is 441. The quantitative estimate of drug-likeness (QED) is 0.765. The second kappa shape index (κ2) is 5.23. The van der Waals surface area contributed by atoms with Gasteiger partial charge in [-0.15, -0.1) is 0 Å². The first-order valence-corrected chi connectivity index (χ1v) is 6.96. The summed E-state index contributed by atoms with van der Waals surface area (Å²) in [7, 11) is 1.51. The van der Waals surface area contributed by atoms with Crippen LogP contribution in [0.4, 0.5) is 4.79 Å². The molecule has 21 heavy (non-hydrogen) atoms. The van der Waals surface area contributed by atoms with Crippen LogP contribution in [0.3, 0.4) is 0 Å². The molecule has 0 aromatic rings. The molecule has 1 unspecified atom stereocenters. The van der Waals surface area contributed by atoms with E-state index in [1.54, 1.807) is 34.6 Å². The topological polar surface area (TPSA) is 74.3 Å². The van der Waals surface area contributed by atoms with Crippen molar-refractivity contribution in [2.75, 3.05) is 13.7 Å². The lowest BCUT2D eigenvalue weighted by molar-refractivity contribution is -0.173. The molecule has 7 heteroatoms. The van der Waals surface area contributed by atoms with Crippen LogP contribution in [-0.4, -0.2) is 60.3 Å². The second-order valence-corrected chi connectivity index (χ2v) is 6.73. The fraction of sp³-hybridized carbons (Fsp3) is 0.857. The van der Waals surface area contributed by atoms with Crippen LogP contribution in [-0.2, 0) is 23.7 Å². The summed E-state index contributed by atoms with van der Waals surface area (Å²) in [5.41, 5.74) is -0.687. The van der Waals surface area contributed by atoms with E-state index in [1.165, 1.54) is 7.11 Å². The molecule has 0 N–H and O–H groups in total. The van der Waals surface area contributed by atoms with Gasteiger partial charge in [-0.2, -0.15) is 0 Å². The molecular formula is C14H23NO6. The van der Waals surface area contributed by atoms with Crippen LogP contribution in [0.25, 0.3) is 0 Å². The molecule has 0 radical (unpaired) electrons. The van der Waals surface area contributed by atoms with Crippen molar-refractivity contribution >= 4 is 12.0 Å². The number of methoxy groups -OCH3 is 1. The standard InChI is InChI=1S/C14H23NO6/c1-13(2,3)21-12(17)15-8(7-18-6)9-10(11(15)16)20-14(4,5)19-9/h8-10H,7H2,1-6H3/t8-,9?,10+/m1/s1. The van der Waals surface area contributed by atoms with E-state index >= 15 is 0 Å². The van der Waals surface area contributed by atoms with Crippen LogP contribution in [0.2, 0.25) is 0 Å². The van der Waals surface area contributed by atoms with Crippen LogP contribution < -0.4 is 0 Å². The lowest BCUT2D eigenvalue weighted by Gasteiger charge is -2.30. The van der Waals surface area contributed by atoms with Crippen molar-refractivity contribution in [3.8, 4) is 0 Å². The predicted molar refractivity (Wildman–Crippen MR) is 72.6 cm³/mol. The Hall–Kier alpha value is -1.18. The minimum atomic E-state index is -0.850. The zero-order valence-corrected chi connectivity index (χ0v) is 13.3. The van der Waals surface area contributed by atoms with Crippen molar-refractivity contribution in [2.45, 2.75) is 64.3 Å². The van der Waals surface area contributed by atoms with Crippen LogP contribution in [0.1, 0.15) is 34.6 Å². The normalized spacial score (nSPS) is 31.4. The first kappa shape index (κ1) is 16.2. The highest BCUT2D eigenvalue weighted by Gasteiger charge is 2.60. The van der Waals surface area contributed by atoms with Gasteiger partial charge in [0.15, 0.2) is 11.9 Å². The van der Waals surface area contributed by atoms with E-state index in [0.717, 1.165) is 4.90 Å². The van der Waals surface area contributed by atoms with Gasteiger partial charge < -0.3 is 18.9 Å².